The molecule has 1 amide bonds. The summed E-state index contributed by atoms with van der Waals surface area (Å²) < 4.78 is 10.4. The number of carbonyl (C=O) groups is 1. The molecule has 0 spiro atoms. The fourth-order valence-corrected chi connectivity index (χ4v) is 2.71. The molecule has 25 heavy (non-hydrogen) atoms. The summed E-state index contributed by atoms with van der Waals surface area (Å²) in [5, 5.41) is 6.57. The van der Waals surface area contributed by atoms with Crippen LogP contribution in [-0.2, 0) is 11.2 Å². The van der Waals surface area contributed by atoms with E-state index in [1.807, 2.05) is 18.2 Å². The lowest BCUT2D eigenvalue weighted by Crippen LogP contribution is -2.17. The van der Waals surface area contributed by atoms with Gasteiger partial charge >= 0.3 is 0 Å². The maximum Gasteiger partial charge on any atom is 0.226 e. The van der Waals surface area contributed by atoms with Crippen LogP contribution in [-0.4, -0.2) is 26.7 Å². The summed E-state index contributed by atoms with van der Waals surface area (Å²) in [5.74, 6) is 0.848. The second-order valence-corrected chi connectivity index (χ2v) is 5.83. The molecule has 6 heteroatoms. The first-order valence-electron chi connectivity index (χ1n) is 8.12. The molecule has 0 saturated heterocycles. The van der Waals surface area contributed by atoms with Gasteiger partial charge < -0.3 is 20.1 Å². The van der Waals surface area contributed by atoms with Crippen molar-refractivity contribution in [1.82, 2.24) is 0 Å². The fourth-order valence-electron chi connectivity index (χ4n) is 2.48. The summed E-state index contributed by atoms with van der Waals surface area (Å²) in [6.07, 6.45) is 1.27. The van der Waals surface area contributed by atoms with Crippen LogP contribution in [0.1, 0.15) is 18.9 Å². The van der Waals surface area contributed by atoms with Gasteiger partial charge in [0.2, 0.25) is 5.91 Å². The van der Waals surface area contributed by atoms with Crippen molar-refractivity contribution < 1.29 is 14.3 Å². The van der Waals surface area contributed by atoms with Gasteiger partial charge in [-0.05, 0) is 18.1 Å². The van der Waals surface area contributed by atoms with Gasteiger partial charge in [0, 0.05) is 30.8 Å². The molecule has 0 aromatic heterocycles. The smallest absolute Gasteiger partial charge is 0.226 e. The number of rotatable bonds is 8. The first kappa shape index (κ1) is 18.9. The van der Waals surface area contributed by atoms with Gasteiger partial charge in [-0.25, -0.2) is 0 Å². The molecular weight excluding hydrogens is 340 g/mol. The summed E-state index contributed by atoms with van der Waals surface area (Å²) in [6.45, 7) is 2.64. The van der Waals surface area contributed by atoms with E-state index in [-0.39, 0.29) is 5.91 Å². The summed E-state index contributed by atoms with van der Waals surface area (Å²) in [4.78, 5) is 12.2. The zero-order chi connectivity index (χ0) is 18.2. The second-order valence-electron chi connectivity index (χ2n) is 5.42. The van der Waals surface area contributed by atoms with Gasteiger partial charge in [-0.3, -0.25) is 4.79 Å². The van der Waals surface area contributed by atoms with E-state index in [1.165, 1.54) is 19.8 Å². The van der Waals surface area contributed by atoms with Gasteiger partial charge in [0.15, 0.2) is 0 Å². The van der Waals surface area contributed by atoms with E-state index < -0.39 is 0 Å². The molecule has 0 heterocycles. The molecule has 0 bridgehead atoms. The lowest BCUT2D eigenvalue weighted by Gasteiger charge is -2.14. The Hall–Kier alpha value is -2.40. The SMILES string of the molecule is CCc1ccccc1NCCC(=O)Nc1cc(OC)c(Cl)cc1OC. The standard InChI is InChI=1S/C19H23ClN2O3/c1-4-13-7-5-6-8-15(13)21-10-9-19(23)22-16-12-17(24-2)14(20)11-18(16)25-3/h5-8,11-12,21H,4,9-10H2,1-3H3,(H,22,23). The monoisotopic (exact) mass is 362 g/mol. The summed E-state index contributed by atoms with van der Waals surface area (Å²) in [7, 11) is 3.05. The van der Waals surface area contributed by atoms with Crippen LogP contribution >= 0.6 is 11.6 Å². The van der Waals surface area contributed by atoms with Gasteiger partial charge in [-0.15, -0.1) is 0 Å². The first-order chi connectivity index (χ1) is 12.1. The van der Waals surface area contributed by atoms with E-state index in [9.17, 15) is 4.79 Å². The fraction of sp³-hybridized carbons (Fsp3) is 0.316. The Morgan fingerprint density at radius 2 is 1.80 bits per heavy atom. The lowest BCUT2D eigenvalue weighted by molar-refractivity contribution is -0.116. The Bertz CT molecular complexity index is 735. The van der Waals surface area contributed by atoms with Crippen molar-refractivity contribution in [2.24, 2.45) is 0 Å². The summed E-state index contributed by atoms with van der Waals surface area (Å²) in [6, 6.07) is 11.4. The van der Waals surface area contributed by atoms with Crippen LogP contribution in [0.2, 0.25) is 5.02 Å². The predicted molar refractivity (Wildman–Crippen MR) is 102 cm³/mol. The van der Waals surface area contributed by atoms with Crippen LogP contribution in [0.5, 0.6) is 11.5 Å². The molecule has 2 aromatic carbocycles. The molecule has 0 aliphatic rings. The van der Waals surface area contributed by atoms with Gasteiger partial charge in [0.25, 0.3) is 0 Å². The van der Waals surface area contributed by atoms with E-state index in [2.05, 4.69) is 23.6 Å². The van der Waals surface area contributed by atoms with Crippen molar-refractivity contribution in [1.29, 1.82) is 0 Å². The largest absolute Gasteiger partial charge is 0.495 e. The van der Waals surface area contributed by atoms with E-state index in [1.54, 1.807) is 12.1 Å². The molecule has 5 nitrogen and oxygen atoms in total. The minimum Gasteiger partial charge on any atom is -0.495 e. The molecule has 2 aromatic rings. The number of halogens is 1. The number of carbonyl (C=O) groups excluding carboxylic acids is 1. The van der Waals surface area contributed by atoms with Crippen LogP contribution in [0.25, 0.3) is 0 Å². The van der Waals surface area contributed by atoms with Gasteiger partial charge in [-0.1, -0.05) is 36.7 Å². The number of methoxy groups -OCH3 is 2. The molecule has 0 atom stereocenters. The number of hydrogen-bond donors (Lipinski definition) is 2. The molecule has 0 radical (unpaired) electrons. The third-order valence-corrected chi connectivity index (χ3v) is 4.11. The third kappa shape index (κ3) is 5.03. The molecule has 2 rings (SSSR count). The topological polar surface area (TPSA) is 59.6 Å². The molecule has 0 aliphatic heterocycles. The average Bonchev–Trinajstić information content (AvgIpc) is 2.63. The zero-order valence-electron chi connectivity index (χ0n) is 14.7. The molecule has 134 valence electrons. The number of benzene rings is 2. The molecular formula is C19H23ClN2O3. The number of hydrogen-bond acceptors (Lipinski definition) is 4. The number of anilines is 2. The molecule has 0 fully saturated rings. The Balaban J connectivity index is 1.96. The minimum absolute atomic E-state index is 0.121. The average molecular weight is 363 g/mol. The molecule has 2 N–H and O–H groups in total. The van der Waals surface area contributed by atoms with Crippen LogP contribution in [0.15, 0.2) is 36.4 Å². The summed E-state index contributed by atoms with van der Waals surface area (Å²) in [5.41, 5.74) is 2.82. The Morgan fingerprint density at radius 3 is 2.48 bits per heavy atom. The molecule has 0 unspecified atom stereocenters. The Kier molecular flexibility index (Phi) is 6.95. The van der Waals surface area contributed by atoms with E-state index in [0.717, 1.165) is 12.1 Å². The predicted octanol–water partition coefficient (Wildman–Crippen LogP) is 4.36. The van der Waals surface area contributed by atoms with E-state index in [0.29, 0.717) is 35.2 Å². The highest BCUT2D eigenvalue weighted by molar-refractivity contribution is 6.32. The van der Waals surface area contributed by atoms with Crippen molar-refractivity contribution in [2.75, 3.05) is 31.4 Å². The highest BCUT2D eigenvalue weighted by Gasteiger charge is 2.12. The number of para-hydroxylation sites is 1. The maximum absolute atomic E-state index is 12.2. The lowest BCUT2D eigenvalue weighted by atomic mass is 10.1. The number of amides is 1. The summed E-state index contributed by atoms with van der Waals surface area (Å²) >= 11 is 6.07. The van der Waals surface area contributed by atoms with Gasteiger partial charge in [-0.2, -0.15) is 0 Å². The number of aryl methyl sites for hydroxylation is 1. The van der Waals surface area contributed by atoms with Crippen LogP contribution in [0.4, 0.5) is 11.4 Å². The van der Waals surface area contributed by atoms with Gasteiger partial charge in [0.05, 0.1) is 24.9 Å². The normalized spacial score (nSPS) is 10.2. The third-order valence-electron chi connectivity index (χ3n) is 3.81. The van der Waals surface area contributed by atoms with Crippen LogP contribution in [0, 0.1) is 0 Å². The van der Waals surface area contributed by atoms with Gasteiger partial charge in [0.1, 0.15) is 11.5 Å². The molecule has 0 aliphatic carbocycles. The zero-order valence-corrected chi connectivity index (χ0v) is 15.4. The van der Waals surface area contributed by atoms with E-state index >= 15 is 0 Å². The quantitative estimate of drug-likeness (QED) is 0.732. The number of ether oxygens (including phenoxy) is 2. The van der Waals surface area contributed by atoms with E-state index in [4.69, 9.17) is 21.1 Å². The maximum atomic E-state index is 12.2. The molecule has 0 saturated carbocycles. The second kappa shape index (κ2) is 9.18. The highest BCUT2D eigenvalue weighted by atomic mass is 35.5. The van der Waals surface area contributed by atoms with Crippen molar-refractivity contribution in [2.45, 2.75) is 19.8 Å². The van der Waals surface area contributed by atoms with Crippen molar-refractivity contribution in [3.63, 3.8) is 0 Å². The van der Waals surface area contributed by atoms with Crippen LogP contribution < -0.4 is 20.1 Å². The van der Waals surface area contributed by atoms with Crippen molar-refractivity contribution in [3.8, 4) is 11.5 Å². The Morgan fingerprint density at radius 1 is 1.08 bits per heavy atom. The van der Waals surface area contributed by atoms with Crippen molar-refractivity contribution >= 4 is 28.9 Å². The van der Waals surface area contributed by atoms with Crippen molar-refractivity contribution in [3.05, 3.63) is 47.0 Å². The highest BCUT2D eigenvalue weighted by Crippen LogP contribution is 2.35. The first-order valence-corrected chi connectivity index (χ1v) is 8.50. The minimum atomic E-state index is -0.121. The van der Waals surface area contributed by atoms with Crippen LogP contribution in [0.3, 0.4) is 0 Å². The Labute approximate surface area is 153 Å². The number of nitrogens with one attached hydrogen (secondary N) is 2.